The molecular weight excluding hydrogens is 830 g/mol. The first-order valence-electron chi connectivity index (χ1n) is 28.3. The van der Waals surface area contributed by atoms with Gasteiger partial charge in [0.05, 0.1) is 33.9 Å². The molecule has 388 valence electrons. The highest BCUT2D eigenvalue weighted by Crippen LogP contribution is 2.52. The first kappa shape index (κ1) is 64.4. The standard InChI is InChI=1S/C56H112NO7P/c1-6-9-11-13-15-17-19-21-23-25-27-29-31-33-35-37-39-41-43-45-50-62-52-54(53-64-65(60,61)55(47-8-3)57(4,5)49-48-56(58)59)63-51-46-44-42-40-38-36-34-32-30-28-26-24-22-20-18-16-14-12-10-7-2/h21-24,54-56,58-59H,6-20,25-53H2,1-5H3/p+1/b23-21-,24-22-/t54-,55?/m1/s1. The minimum absolute atomic E-state index is 0.00204. The van der Waals surface area contributed by atoms with Gasteiger partial charge in [-0.1, -0.05) is 212 Å². The molecule has 0 saturated carbocycles. The summed E-state index contributed by atoms with van der Waals surface area (Å²) in [6.07, 6.45) is 56.0. The molecular formula is C56H113NO7P+. The van der Waals surface area contributed by atoms with Gasteiger partial charge < -0.3 is 33.6 Å². The van der Waals surface area contributed by atoms with Crippen LogP contribution in [-0.4, -0.2) is 84.8 Å². The number of rotatable bonds is 53. The predicted molar refractivity (Wildman–Crippen MR) is 281 cm³/mol. The third-order valence-corrected chi connectivity index (χ3v) is 15.4. The van der Waals surface area contributed by atoms with Gasteiger partial charge in [-0.25, -0.2) is 0 Å². The van der Waals surface area contributed by atoms with Crippen molar-refractivity contribution in [3.05, 3.63) is 24.3 Å². The topological polar surface area (TPSA) is 105 Å². The highest BCUT2D eigenvalue weighted by atomic mass is 31.2. The van der Waals surface area contributed by atoms with E-state index in [9.17, 15) is 19.7 Å². The maximum atomic E-state index is 13.7. The van der Waals surface area contributed by atoms with Crippen LogP contribution in [0.2, 0.25) is 0 Å². The summed E-state index contributed by atoms with van der Waals surface area (Å²) in [5.74, 6) is -0.665. The third kappa shape index (κ3) is 44.4. The number of hydrogen-bond acceptors (Lipinski definition) is 6. The van der Waals surface area contributed by atoms with Gasteiger partial charge in [0, 0.05) is 26.1 Å². The van der Waals surface area contributed by atoms with E-state index in [1.54, 1.807) is 0 Å². The number of ether oxygens (including phenoxy) is 2. The van der Waals surface area contributed by atoms with E-state index >= 15 is 0 Å². The first-order chi connectivity index (χ1) is 31.6. The molecule has 0 aromatic rings. The number of quaternary nitrogens is 1. The van der Waals surface area contributed by atoms with Crippen LogP contribution in [0.3, 0.4) is 0 Å². The molecule has 0 rings (SSSR count). The van der Waals surface area contributed by atoms with Gasteiger partial charge >= 0.3 is 7.60 Å². The molecule has 0 radical (unpaired) electrons. The average molecular weight is 943 g/mol. The number of allylic oxidation sites excluding steroid dienone is 4. The Kier molecular flexibility index (Phi) is 48.0. The molecule has 0 aromatic carbocycles. The molecule has 65 heavy (non-hydrogen) atoms. The number of nitrogens with zero attached hydrogens (tertiary/aromatic N) is 1. The summed E-state index contributed by atoms with van der Waals surface area (Å²) in [7, 11) is -0.323. The Morgan fingerprint density at radius 3 is 1.18 bits per heavy atom. The van der Waals surface area contributed by atoms with E-state index in [1.807, 2.05) is 21.0 Å². The minimum Gasteiger partial charge on any atom is -0.379 e. The second-order valence-corrected chi connectivity index (χ2v) is 22.2. The molecule has 0 aliphatic rings. The summed E-state index contributed by atoms with van der Waals surface area (Å²) in [4.78, 5) is 11.2. The smallest absolute Gasteiger partial charge is 0.379 e. The van der Waals surface area contributed by atoms with Crippen LogP contribution < -0.4 is 0 Å². The van der Waals surface area contributed by atoms with Crippen LogP contribution in [0.4, 0.5) is 0 Å². The van der Waals surface area contributed by atoms with Crippen LogP contribution in [0.5, 0.6) is 0 Å². The molecule has 0 aliphatic carbocycles. The lowest BCUT2D eigenvalue weighted by Gasteiger charge is -2.39. The van der Waals surface area contributed by atoms with Crippen molar-refractivity contribution in [2.24, 2.45) is 0 Å². The normalized spacial score (nSPS) is 14.4. The fourth-order valence-corrected chi connectivity index (χ4v) is 10.9. The van der Waals surface area contributed by atoms with Gasteiger partial charge in [-0.2, -0.15) is 0 Å². The predicted octanol–water partition coefficient (Wildman–Crippen LogP) is 16.7. The van der Waals surface area contributed by atoms with Crippen LogP contribution in [0.1, 0.15) is 271 Å². The SMILES string of the molecule is CCCCCCCC/C=C\CCCCCCCCCCCCOC[C@H](COP(=O)(O)C(CCC)[N+](C)(C)CCC(O)O)OCCCCCCCCCCCC/C=C\CCCCCCCC. The Bertz CT molecular complexity index is 1070. The van der Waals surface area contributed by atoms with Crippen LogP contribution >= 0.6 is 7.60 Å². The molecule has 0 fully saturated rings. The molecule has 9 heteroatoms. The Hall–Kier alpha value is -0.570. The van der Waals surface area contributed by atoms with Gasteiger partial charge in [-0.3, -0.25) is 4.57 Å². The van der Waals surface area contributed by atoms with Gasteiger partial charge in [0.2, 0.25) is 0 Å². The molecule has 3 N–H and O–H groups in total. The summed E-state index contributed by atoms with van der Waals surface area (Å²) in [5.41, 5.74) is 0. The number of aliphatic hydroxyl groups excluding tert-OH is 1. The molecule has 3 atom stereocenters. The Balaban J connectivity index is 4.40. The second-order valence-electron chi connectivity index (χ2n) is 20.2. The lowest BCUT2D eigenvalue weighted by atomic mass is 10.1. The molecule has 0 aromatic heterocycles. The fourth-order valence-electron chi connectivity index (χ4n) is 8.86. The number of unbranched alkanes of at least 4 members (excludes halogenated alkanes) is 32. The fraction of sp³-hybridized carbons (Fsp3) is 0.929. The van der Waals surface area contributed by atoms with Crippen LogP contribution in [0.15, 0.2) is 24.3 Å². The molecule has 0 aliphatic heterocycles. The highest BCUT2D eigenvalue weighted by molar-refractivity contribution is 7.53. The van der Waals surface area contributed by atoms with Crippen molar-refractivity contribution >= 4 is 7.60 Å². The van der Waals surface area contributed by atoms with E-state index in [0.29, 0.717) is 32.8 Å². The zero-order valence-electron chi connectivity index (χ0n) is 44.0. The summed E-state index contributed by atoms with van der Waals surface area (Å²) < 4.78 is 32.1. The molecule has 0 heterocycles. The summed E-state index contributed by atoms with van der Waals surface area (Å²) >= 11 is 0. The van der Waals surface area contributed by atoms with Crippen molar-refractivity contribution in [1.82, 2.24) is 0 Å². The molecule has 0 amide bonds. The Morgan fingerprint density at radius 1 is 0.462 bits per heavy atom. The van der Waals surface area contributed by atoms with Crippen molar-refractivity contribution in [2.45, 2.75) is 289 Å². The summed E-state index contributed by atoms with van der Waals surface area (Å²) in [6.45, 7) is 8.50. The van der Waals surface area contributed by atoms with E-state index in [1.165, 1.54) is 205 Å². The maximum absolute atomic E-state index is 13.7. The molecule has 8 nitrogen and oxygen atoms in total. The van der Waals surface area contributed by atoms with E-state index in [-0.39, 0.29) is 17.5 Å². The molecule has 2 unspecified atom stereocenters. The van der Waals surface area contributed by atoms with E-state index in [4.69, 9.17) is 14.0 Å². The lowest BCUT2D eigenvalue weighted by Crippen LogP contribution is -2.50. The third-order valence-electron chi connectivity index (χ3n) is 13.3. The van der Waals surface area contributed by atoms with Crippen molar-refractivity contribution in [1.29, 1.82) is 0 Å². The van der Waals surface area contributed by atoms with Crippen molar-refractivity contribution < 1.29 is 38.2 Å². The Morgan fingerprint density at radius 2 is 0.815 bits per heavy atom. The van der Waals surface area contributed by atoms with Crippen LogP contribution in [0, 0.1) is 0 Å². The van der Waals surface area contributed by atoms with Crippen LogP contribution in [-0.2, 0) is 18.6 Å². The minimum atomic E-state index is -4.05. The lowest BCUT2D eigenvalue weighted by molar-refractivity contribution is -0.904. The zero-order valence-corrected chi connectivity index (χ0v) is 44.9. The van der Waals surface area contributed by atoms with Gasteiger partial charge in [0.25, 0.3) is 0 Å². The second kappa shape index (κ2) is 48.5. The Labute approximate surface area is 405 Å². The van der Waals surface area contributed by atoms with E-state index < -0.39 is 25.8 Å². The summed E-state index contributed by atoms with van der Waals surface area (Å²) in [5, 5.41) is 19.0. The van der Waals surface area contributed by atoms with Crippen LogP contribution in [0.25, 0.3) is 0 Å². The van der Waals surface area contributed by atoms with Gasteiger partial charge in [-0.05, 0) is 70.6 Å². The molecule has 0 saturated heterocycles. The quantitative estimate of drug-likeness (QED) is 0.0183. The zero-order chi connectivity index (χ0) is 47.8. The van der Waals surface area contributed by atoms with Crippen molar-refractivity contribution in [3.63, 3.8) is 0 Å². The number of aliphatic hydroxyl groups is 2. The molecule has 0 spiro atoms. The number of hydrogen-bond donors (Lipinski definition) is 3. The van der Waals surface area contributed by atoms with E-state index in [2.05, 4.69) is 38.2 Å². The largest absolute Gasteiger partial charge is 0.385 e. The monoisotopic (exact) mass is 943 g/mol. The van der Waals surface area contributed by atoms with Gasteiger partial charge in [0.1, 0.15) is 6.10 Å². The molecule has 0 bridgehead atoms. The van der Waals surface area contributed by atoms with E-state index in [0.717, 1.165) is 32.1 Å². The van der Waals surface area contributed by atoms with Gasteiger partial charge in [0.15, 0.2) is 12.1 Å². The average Bonchev–Trinajstić information content (AvgIpc) is 3.28. The maximum Gasteiger partial charge on any atom is 0.385 e. The van der Waals surface area contributed by atoms with Gasteiger partial charge in [-0.15, -0.1) is 0 Å². The van der Waals surface area contributed by atoms with Crippen molar-refractivity contribution in [2.75, 3.05) is 47.1 Å². The first-order valence-corrected chi connectivity index (χ1v) is 29.9. The highest BCUT2D eigenvalue weighted by Gasteiger charge is 2.44. The summed E-state index contributed by atoms with van der Waals surface area (Å²) in [6, 6.07) is 0. The van der Waals surface area contributed by atoms with Crippen molar-refractivity contribution in [3.8, 4) is 0 Å².